The Labute approximate surface area is 182 Å². The molecule has 1 aliphatic heterocycles. The van der Waals surface area contributed by atoms with E-state index in [9.17, 15) is 9.59 Å². The standard InChI is InChI=1S/C24H31N3O2S/c1-17-8-9-21(23(28)25-13-10-20-7-4-16-30-20)22(26-17)18-11-14-27(15-12-18)24(29)19-5-2-3-6-19/h4,7-9,16,18-19H,2-3,5-6,10-15H2,1H3,(H,25,28). The van der Waals surface area contributed by atoms with Crippen LogP contribution in [0.4, 0.5) is 0 Å². The summed E-state index contributed by atoms with van der Waals surface area (Å²) < 4.78 is 0. The lowest BCUT2D eigenvalue weighted by Gasteiger charge is -2.34. The lowest BCUT2D eigenvalue weighted by Crippen LogP contribution is -2.41. The van der Waals surface area contributed by atoms with Crippen molar-refractivity contribution in [2.75, 3.05) is 19.6 Å². The van der Waals surface area contributed by atoms with E-state index in [2.05, 4.69) is 16.8 Å². The zero-order valence-corrected chi connectivity index (χ0v) is 18.5. The second-order valence-electron chi connectivity index (χ2n) is 8.55. The Kier molecular flexibility index (Phi) is 6.82. The lowest BCUT2D eigenvalue weighted by atomic mass is 9.89. The fourth-order valence-electron chi connectivity index (χ4n) is 4.73. The second kappa shape index (κ2) is 9.73. The highest BCUT2D eigenvalue weighted by Gasteiger charge is 2.32. The number of pyridine rings is 1. The quantitative estimate of drug-likeness (QED) is 0.750. The average Bonchev–Trinajstić information content (AvgIpc) is 3.47. The Morgan fingerprint density at radius 1 is 1.13 bits per heavy atom. The molecule has 30 heavy (non-hydrogen) atoms. The van der Waals surface area contributed by atoms with Crippen LogP contribution in [0.2, 0.25) is 0 Å². The topological polar surface area (TPSA) is 62.3 Å². The van der Waals surface area contributed by atoms with Gasteiger partial charge in [-0.15, -0.1) is 11.3 Å². The molecule has 0 aromatic carbocycles. The smallest absolute Gasteiger partial charge is 0.253 e. The van der Waals surface area contributed by atoms with Crippen molar-refractivity contribution in [2.45, 2.75) is 57.8 Å². The zero-order valence-electron chi connectivity index (χ0n) is 17.7. The molecular formula is C24H31N3O2S. The number of thiophene rings is 1. The van der Waals surface area contributed by atoms with E-state index in [1.807, 2.05) is 30.0 Å². The van der Waals surface area contributed by atoms with Crippen LogP contribution in [0.1, 0.15) is 71.1 Å². The van der Waals surface area contributed by atoms with Crippen LogP contribution in [-0.2, 0) is 11.2 Å². The van der Waals surface area contributed by atoms with Gasteiger partial charge in [0.25, 0.3) is 5.91 Å². The normalized spacial score (nSPS) is 18.0. The maximum atomic E-state index is 12.9. The number of aromatic nitrogens is 1. The molecule has 4 rings (SSSR count). The number of hydrogen-bond donors (Lipinski definition) is 1. The molecule has 2 fully saturated rings. The molecule has 2 aromatic heterocycles. The predicted molar refractivity (Wildman–Crippen MR) is 120 cm³/mol. The first-order valence-corrected chi connectivity index (χ1v) is 12.1. The van der Waals surface area contributed by atoms with Gasteiger partial charge in [-0.05, 0) is 62.6 Å². The van der Waals surface area contributed by atoms with Gasteiger partial charge in [-0.2, -0.15) is 0 Å². The van der Waals surface area contributed by atoms with E-state index in [0.29, 0.717) is 18.0 Å². The molecule has 0 spiro atoms. The van der Waals surface area contributed by atoms with Gasteiger partial charge in [0.15, 0.2) is 0 Å². The first-order chi connectivity index (χ1) is 14.6. The minimum absolute atomic E-state index is 0.0430. The fraction of sp³-hybridized carbons (Fsp3) is 0.542. The Morgan fingerprint density at radius 3 is 2.60 bits per heavy atom. The van der Waals surface area contributed by atoms with Gasteiger partial charge in [-0.3, -0.25) is 14.6 Å². The SMILES string of the molecule is Cc1ccc(C(=O)NCCc2cccs2)c(C2CCN(C(=O)C3CCCC3)CC2)n1. The Morgan fingerprint density at radius 2 is 1.90 bits per heavy atom. The Bertz CT molecular complexity index is 867. The Hall–Kier alpha value is -2.21. The van der Waals surface area contributed by atoms with Gasteiger partial charge in [0.1, 0.15) is 0 Å². The molecule has 160 valence electrons. The van der Waals surface area contributed by atoms with Crippen molar-refractivity contribution >= 4 is 23.2 Å². The molecule has 0 bridgehead atoms. The van der Waals surface area contributed by atoms with Gasteiger partial charge < -0.3 is 10.2 Å². The van der Waals surface area contributed by atoms with Crippen LogP contribution in [-0.4, -0.2) is 41.3 Å². The van der Waals surface area contributed by atoms with Crippen molar-refractivity contribution in [1.29, 1.82) is 0 Å². The highest BCUT2D eigenvalue weighted by Crippen LogP contribution is 2.32. The molecular weight excluding hydrogens is 394 g/mol. The third-order valence-corrected chi connectivity index (χ3v) is 7.38. The van der Waals surface area contributed by atoms with Gasteiger partial charge in [0.05, 0.1) is 11.3 Å². The van der Waals surface area contributed by atoms with E-state index < -0.39 is 0 Å². The molecule has 1 saturated heterocycles. The first-order valence-electron chi connectivity index (χ1n) is 11.2. The number of nitrogens with zero attached hydrogens (tertiary/aromatic N) is 2. The van der Waals surface area contributed by atoms with Crippen LogP contribution in [0.5, 0.6) is 0 Å². The van der Waals surface area contributed by atoms with E-state index in [0.717, 1.165) is 56.6 Å². The minimum atomic E-state index is -0.0430. The van der Waals surface area contributed by atoms with Crippen molar-refractivity contribution in [2.24, 2.45) is 5.92 Å². The third kappa shape index (κ3) is 4.91. The van der Waals surface area contributed by atoms with E-state index in [-0.39, 0.29) is 17.7 Å². The molecule has 1 saturated carbocycles. The summed E-state index contributed by atoms with van der Waals surface area (Å²) in [6.07, 6.45) is 7.08. The largest absolute Gasteiger partial charge is 0.352 e. The van der Waals surface area contributed by atoms with Crippen LogP contribution in [0.25, 0.3) is 0 Å². The van der Waals surface area contributed by atoms with Gasteiger partial charge in [-0.25, -0.2) is 0 Å². The maximum absolute atomic E-state index is 12.9. The Balaban J connectivity index is 1.38. The number of hydrogen-bond acceptors (Lipinski definition) is 4. The molecule has 1 N–H and O–H groups in total. The van der Waals surface area contributed by atoms with Gasteiger partial charge in [0, 0.05) is 42.0 Å². The fourth-order valence-corrected chi connectivity index (χ4v) is 5.44. The van der Waals surface area contributed by atoms with E-state index in [4.69, 9.17) is 4.98 Å². The van der Waals surface area contributed by atoms with Gasteiger partial charge in [-0.1, -0.05) is 18.9 Å². The maximum Gasteiger partial charge on any atom is 0.253 e. The van der Waals surface area contributed by atoms with E-state index in [1.165, 1.54) is 17.7 Å². The van der Waals surface area contributed by atoms with Crippen molar-refractivity contribution in [3.63, 3.8) is 0 Å². The number of carbonyl (C=O) groups is 2. The van der Waals surface area contributed by atoms with E-state index >= 15 is 0 Å². The number of likely N-dealkylation sites (tertiary alicyclic amines) is 1. The molecule has 2 amide bonds. The molecule has 2 aliphatic rings. The average molecular weight is 426 g/mol. The summed E-state index contributed by atoms with van der Waals surface area (Å²) in [7, 11) is 0. The molecule has 1 aliphatic carbocycles. The summed E-state index contributed by atoms with van der Waals surface area (Å²) in [4.78, 5) is 33.7. The number of aryl methyl sites for hydroxylation is 1. The van der Waals surface area contributed by atoms with Crippen LogP contribution in [0, 0.1) is 12.8 Å². The lowest BCUT2D eigenvalue weighted by molar-refractivity contribution is -0.136. The zero-order chi connectivity index (χ0) is 20.9. The van der Waals surface area contributed by atoms with Crippen LogP contribution < -0.4 is 5.32 Å². The highest BCUT2D eigenvalue weighted by molar-refractivity contribution is 7.09. The van der Waals surface area contributed by atoms with E-state index in [1.54, 1.807) is 11.3 Å². The van der Waals surface area contributed by atoms with Gasteiger partial charge >= 0.3 is 0 Å². The summed E-state index contributed by atoms with van der Waals surface area (Å²) in [5.74, 6) is 0.770. The van der Waals surface area contributed by atoms with Gasteiger partial charge in [0.2, 0.25) is 5.91 Å². The van der Waals surface area contributed by atoms with Crippen molar-refractivity contribution in [3.05, 3.63) is 51.5 Å². The summed E-state index contributed by atoms with van der Waals surface area (Å²) in [6.45, 7) is 4.14. The number of carbonyl (C=O) groups excluding carboxylic acids is 2. The van der Waals surface area contributed by atoms with Crippen LogP contribution >= 0.6 is 11.3 Å². The number of rotatable bonds is 6. The monoisotopic (exact) mass is 425 g/mol. The predicted octanol–water partition coefficient (Wildman–Crippen LogP) is 4.32. The van der Waals surface area contributed by atoms with Crippen molar-refractivity contribution in [1.82, 2.24) is 15.2 Å². The first kappa shape index (κ1) is 21.0. The number of nitrogens with one attached hydrogen (secondary N) is 1. The van der Waals surface area contributed by atoms with Crippen molar-refractivity contribution in [3.8, 4) is 0 Å². The number of piperidine rings is 1. The summed E-state index contributed by atoms with van der Waals surface area (Å²) in [5.41, 5.74) is 2.52. The molecule has 5 nitrogen and oxygen atoms in total. The molecule has 0 atom stereocenters. The molecule has 3 heterocycles. The molecule has 0 radical (unpaired) electrons. The minimum Gasteiger partial charge on any atom is -0.352 e. The summed E-state index contributed by atoms with van der Waals surface area (Å²) >= 11 is 1.71. The second-order valence-corrected chi connectivity index (χ2v) is 9.58. The van der Waals surface area contributed by atoms with Crippen molar-refractivity contribution < 1.29 is 9.59 Å². The molecule has 0 unspecified atom stereocenters. The number of amides is 2. The molecule has 6 heteroatoms. The third-order valence-electron chi connectivity index (χ3n) is 6.44. The molecule has 2 aromatic rings. The van der Waals surface area contributed by atoms with Crippen LogP contribution in [0.3, 0.4) is 0 Å². The summed E-state index contributed by atoms with van der Waals surface area (Å²) in [5, 5.41) is 5.12. The van der Waals surface area contributed by atoms with Crippen LogP contribution in [0.15, 0.2) is 29.6 Å². The highest BCUT2D eigenvalue weighted by atomic mass is 32.1. The summed E-state index contributed by atoms with van der Waals surface area (Å²) in [6, 6.07) is 7.95.